The van der Waals surface area contributed by atoms with Gasteiger partial charge in [-0.2, -0.15) is 0 Å². The van der Waals surface area contributed by atoms with Gasteiger partial charge in [-0.25, -0.2) is 0 Å². The Morgan fingerprint density at radius 3 is 2.30 bits per heavy atom. The van der Waals surface area contributed by atoms with Gasteiger partial charge < -0.3 is 9.33 Å². The van der Waals surface area contributed by atoms with Crippen LogP contribution in [-0.4, -0.2) is 31.8 Å². The molecule has 2 aliphatic heterocycles. The second-order valence-electron chi connectivity index (χ2n) is 8.32. The minimum absolute atomic E-state index is 0.181. The van der Waals surface area contributed by atoms with Crippen LogP contribution < -0.4 is 0 Å². The molecule has 1 amide bonds. The van der Waals surface area contributed by atoms with Gasteiger partial charge in [0, 0.05) is 12.1 Å². The van der Waals surface area contributed by atoms with Gasteiger partial charge >= 0.3 is 0 Å². The van der Waals surface area contributed by atoms with Crippen LogP contribution in [0.1, 0.15) is 48.0 Å². The van der Waals surface area contributed by atoms with E-state index in [1.54, 1.807) is 0 Å². The lowest BCUT2D eigenvalue weighted by atomic mass is 9.85. The normalized spacial score (nSPS) is 26.5. The number of amides is 1. The minimum atomic E-state index is -1.76. The highest BCUT2D eigenvalue weighted by atomic mass is 28.4. The second kappa shape index (κ2) is 4.44. The molecule has 2 rings (SSSR count). The van der Waals surface area contributed by atoms with Crippen molar-refractivity contribution in [3.8, 4) is 0 Å². The Balaban J connectivity index is 2.16. The molecule has 1 unspecified atom stereocenters. The fourth-order valence-corrected chi connectivity index (χ4v) is 4.14. The number of fused-ring (bicyclic) bond motifs is 1. The van der Waals surface area contributed by atoms with Crippen molar-refractivity contribution < 1.29 is 9.22 Å². The average molecular weight is 295 g/mol. The van der Waals surface area contributed by atoms with E-state index in [2.05, 4.69) is 40.8 Å². The summed E-state index contributed by atoms with van der Waals surface area (Å²) < 4.78 is 6.48. The predicted molar refractivity (Wildman–Crippen MR) is 84.9 cm³/mol. The standard InChI is InChI=1S/C16H29NO2Si/c1-11-13-9-12(19-20(7,8)15(2,3)4)10-17(13)14(18)16(11,5)6/h12H,9-10H2,1-8H3. The third-order valence-electron chi connectivity index (χ3n) is 5.55. The molecule has 3 nitrogen and oxygen atoms in total. The van der Waals surface area contributed by atoms with E-state index in [0.29, 0.717) is 0 Å². The molecule has 0 bridgehead atoms. The molecule has 4 heteroatoms. The number of hydrogen-bond donors (Lipinski definition) is 0. The van der Waals surface area contributed by atoms with Crippen molar-refractivity contribution in [2.24, 2.45) is 5.41 Å². The van der Waals surface area contributed by atoms with Crippen LogP contribution in [-0.2, 0) is 9.22 Å². The Bertz CT molecular complexity index is 471. The summed E-state index contributed by atoms with van der Waals surface area (Å²) in [6.07, 6.45) is 1.08. The smallest absolute Gasteiger partial charge is 0.236 e. The topological polar surface area (TPSA) is 29.5 Å². The van der Waals surface area contributed by atoms with Crippen molar-refractivity contribution >= 4 is 14.2 Å². The summed E-state index contributed by atoms with van der Waals surface area (Å²) in [7, 11) is -1.76. The van der Waals surface area contributed by atoms with Gasteiger partial charge in [-0.15, -0.1) is 0 Å². The van der Waals surface area contributed by atoms with Crippen molar-refractivity contribution in [3.05, 3.63) is 11.3 Å². The zero-order valence-electron chi connectivity index (χ0n) is 14.3. The average Bonchev–Trinajstić information content (AvgIpc) is 2.73. The van der Waals surface area contributed by atoms with E-state index in [4.69, 9.17) is 4.43 Å². The van der Waals surface area contributed by atoms with Gasteiger partial charge in [0.2, 0.25) is 5.91 Å². The maximum absolute atomic E-state index is 12.5. The number of nitrogens with zero attached hydrogens (tertiary/aromatic N) is 1. The summed E-state index contributed by atoms with van der Waals surface area (Å²) in [5, 5.41) is 0.215. The fraction of sp³-hybridized carbons (Fsp3) is 0.812. The Kier molecular flexibility index (Phi) is 3.50. The van der Waals surface area contributed by atoms with Crippen LogP contribution in [0, 0.1) is 5.41 Å². The fourth-order valence-electron chi connectivity index (χ4n) is 2.80. The first-order valence-corrected chi connectivity index (χ1v) is 10.5. The van der Waals surface area contributed by atoms with E-state index in [9.17, 15) is 4.79 Å². The van der Waals surface area contributed by atoms with Crippen LogP contribution in [0.4, 0.5) is 0 Å². The molecule has 2 aliphatic rings. The van der Waals surface area contributed by atoms with Crippen molar-refractivity contribution in [1.82, 2.24) is 4.90 Å². The van der Waals surface area contributed by atoms with Crippen LogP contribution >= 0.6 is 0 Å². The summed E-state index contributed by atoms with van der Waals surface area (Å²) in [5.74, 6) is 0.242. The zero-order valence-corrected chi connectivity index (χ0v) is 15.3. The van der Waals surface area contributed by atoms with Crippen LogP contribution in [0.3, 0.4) is 0 Å². The molecule has 0 aromatic heterocycles. The molecule has 0 aromatic rings. The monoisotopic (exact) mass is 295 g/mol. The predicted octanol–water partition coefficient (Wildman–Crippen LogP) is 3.92. The third-order valence-corrected chi connectivity index (χ3v) is 10.1. The third kappa shape index (κ3) is 2.27. The molecule has 2 heterocycles. The summed E-state index contributed by atoms with van der Waals surface area (Å²) in [6, 6.07) is 0. The number of rotatable bonds is 2. The van der Waals surface area contributed by atoms with E-state index >= 15 is 0 Å². The summed E-state index contributed by atoms with van der Waals surface area (Å²) >= 11 is 0. The van der Waals surface area contributed by atoms with Crippen molar-refractivity contribution in [3.63, 3.8) is 0 Å². The largest absolute Gasteiger partial charge is 0.412 e. The number of carbonyl (C=O) groups excluding carboxylic acids is 1. The summed E-state index contributed by atoms with van der Waals surface area (Å²) in [6.45, 7) is 18.2. The van der Waals surface area contributed by atoms with Gasteiger partial charge in [0.1, 0.15) is 0 Å². The molecule has 0 N–H and O–H groups in total. The lowest BCUT2D eigenvalue weighted by Crippen LogP contribution is -2.45. The molecular weight excluding hydrogens is 266 g/mol. The summed E-state index contributed by atoms with van der Waals surface area (Å²) in [4.78, 5) is 14.4. The van der Waals surface area contributed by atoms with E-state index < -0.39 is 8.32 Å². The highest BCUT2D eigenvalue weighted by Crippen LogP contribution is 2.46. The van der Waals surface area contributed by atoms with Crippen molar-refractivity contribution in [2.45, 2.75) is 72.2 Å². The lowest BCUT2D eigenvalue weighted by Gasteiger charge is -2.38. The highest BCUT2D eigenvalue weighted by molar-refractivity contribution is 6.74. The molecule has 0 radical (unpaired) electrons. The van der Waals surface area contributed by atoms with Crippen LogP contribution in [0.25, 0.3) is 0 Å². The van der Waals surface area contributed by atoms with E-state index in [0.717, 1.165) is 13.0 Å². The Labute approximate surface area is 124 Å². The Morgan fingerprint density at radius 2 is 1.85 bits per heavy atom. The van der Waals surface area contributed by atoms with Crippen LogP contribution in [0.2, 0.25) is 18.1 Å². The number of hydrogen-bond acceptors (Lipinski definition) is 2. The second-order valence-corrected chi connectivity index (χ2v) is 13.1. The maximum Gasteiger partial charge on any atom is 0.236 e. The lowest BCUT2D eigenvalue weighted by molar-refractivity contribution is -0.134. The maximum atomic E-state index is 12.5. The minimum Gasteiger partial charge on any atom is -0.412 e. The molecule has 0 aliphatic carbocycles. The van der Waals surface area contributed by atoms with Crippen LogP contribution in [0.15, 0.2) is 11.3 Å². The molecule has 1 saturated heterocycles. The molecule has 1 fully saturated rings. The molecular formula is C16H29NO2Si. The van der Waals surface area contributed by atoms with Gasteiger partial charge in [0.15, 0.2) is 8.32 Å². The van der Waals surface area contributed by atoms with Crippen LogP contribution in [0.5, 0.6) is 0 Å². The molecule has 0 aromatic carbocycles. The molecule has 1 atom stereocenters. The molecule has 114 valence electrons. The molecule has 0 saturated carbocycles. The van der Waals surface area contributed by atoms with Crippen molar-refractivity contribution in [1.29, 1.82) is 0 Å². The van der Waals surface area contributed by atoms with Gasteiger partial charge in [-0.1, -0.05) is 20.8 Å². The highest BCUT2D eigenvalue weighted by Gasteiger charge is 2.49. The Hall–Kier alpha value is -0.613. The van der Waals surface area contributed by atoms with Gasteiger partial charge in [-0.3, -0.25) is 4.79 Å². The SMILES string of the molecule is CC1=C2CC(O[Si](C)(C)C(C)(C)C)CN2C(=O)C1(C)C. The first kappa shape index (κ1) is 15.8. The van der Waals surface area contributed by atoms with E-state index in [-0.39, 0.29) is 22.5 Å². The van der Waals surface area contributed by atoms with Gasteiger partial charge in [0.25, 0.3) is 0 Å². The van der Waals surface area contributed by atoms with Gasteiger partial charge in [0.05, 0.1) is 18.1 Å². The summed E-state index contributed by atoms with van der Waals surface area (Å²) in [5.41, 5.74) is 2.12. The van der Waals surface area contributed by atoms with E-state index in [1.165, 1.54) is 11.3 Å². The van der Waals surface area contributed by atoms with Gasteiger partial charge in [-0.05, 0) is 44.5 Å². The van der Waals surface area contributed by atoms with Crippen molar-refractivity contribution in [2.75, 3.05) is 6.54 Å². The number of carbonyl (C=O) groups is 1. The molecule has 0 spiro atoms. The quantitative estimate of drug-likeness (QED) is 0.723. The molecule has 20 heavy (non-hydrogen) atoms. The Morgan fingerprint density at radius 1 is 1.30 bits per heavy atom. The zero-order chi connectivity index (χ0) is 15.5. The van der Waals surface area contributed by atoms with E-state index in [1.807, 2.05) is 18.7 Å². The first-order chi connectivity index (χ1) is 8.88. The first-order valence-electron chi connectivity index (χ1n) is 7.58.